The average molecular weight is 214 g/mol. The Labute approximate surface area is 84.3 Å². The number of alkyl halides is 1. The van der Waals surface area contributed by atoms with Crippen LogP contribution in [0.5, 0.6) is 0 Å². The van der Waals surface area contributed by atoms with Crippen LogP contribution in [0.15, 0.2) is 12.1 Å². The molecule has 0 aromatic heterocycles. The van der Waals surface area contributed by atoms with Crippen LogP contribution in [0, 0.1) is 17.1 Å². The summed E-state index contributed by atoms with van der Waals surface area (Å²) in [5.74, 6) is -2.39. The summed E-state index contributed by atoms with van der Waals surface area (Å²) in [6.45, 7) is 0. The third kappa shape index (κ3) is 1.68. The van der Waals surface area contributed by atoms with Crippen LogP contribution in [0.1, 0.15) is 21.5 Å². The van der Waals surface area contributed by atoms with Gasteiger partial charge in [0.1, 0.15) is 11.9 Å². The fraction of sp³-hybridized carbons (Fsp3) is 0.111. The van der Waals surface area contributed by atoms with Gasteiger partial charge in [-0.15, -0.1) is 11.6 Å². The Balaban J connectivity index is 3.45. The molecule has 1 rings (SSSR count). The number of carbonyl (C=O) groups is 1. The van der Waals surface area contributed by atoms with Gasteiger partial charge in [-0.2, -0.15) is 5.26 Å². The van der Waals surface area contributed by atoms with Gasteiger partial charge in [0.25, 0.3) is 0 Å². The summed E-state index contributed by atoms with van der Waals surface area (Å²) in [6, 6.07) is 3.90. The molecule has 0 atom stereocenters. The molecular weight excluding hydrogens is 209 g/mol. The fourth-order valence-electron chi connectivity index (χ4n) is 1.04. The first-order chi connectivity index (χ1) is 6.61. The second-order valence-corrected chi connectivity index (χ2v) is 2.77. The van der Waals surface area contributed by atoms with Crippen molar-refractivity contribution in [1.29, 1.82) is 5.26 Å². The maximum atomic E-state index is 13.3. The molecule has 14 heavy (non-hydrogen) atoms. The summed E-state index contributed by atoms with van der Waals surface area (Å²) in [5.41, 5.74) is -0.569. The number of hydrogen-bond acceptors (Lipinski definition) is 2. The van der Waals surface area contributed by atoms with Gasteiger partial charge >= 0.3 is 5.97 Å². The Hall–Kier alpha value is -1.60. The molecule has 1 aromatic carbocycles. The maximum Gasteiger partial charge on any atom is 0.336 e. The molecule has 0 aliphatic rings. The summed E-state index contributed by atoms with van der Waals surface area (Å²) < 4.78 is 13.3. The summed E-state index contributed by atoms with van der Waals surface area (Å²) >= 11 is 5.40. The molecule has 0 amide bonds. The molecule has 1 aromatic rings. The van der Waals surface area contributed by atoms with E-state index in [1.54, 1.807) is 6.07 Å². The molecule has 5 heteroatoms. The van der Waals surface area contributed by atoms with Gasteiger partial charge in [0.15, 0.2) is 0 Å². The molecule has 0 radical (unpaired) electrons. The molecule has 0 saturated heterocycles. The third-order valence-electron chi connectivity index (χ3n) is 1.73. The number of halogens is 2. The summed E-state index contributed by atoms with van der Waals surface area (Å²) in [5, 5.41) is 17.2. The van der Waals surface area contributed by atoms with Crippen LogP contribution in [-0.2, 0) is 5.88 Å². The summed E-state index contributed by atoms with van der Waals surface area (Å²) in [6.07, 6.45) is 0. The largest absolute Gasteiger partial charge is 0.478 e. The van der Waals surface area contributed by atoms with Crippen molar-refractivity contribution >= 4 is 17.6 Å². The van der Waals surface area contributed by atoms with E-state index in [0.717, 1.165) is 6.07 Å². The van der Waals surface area contributed by atoms with Crippen molar-refractivity contribution in [3.8, 4) is 6.07 Å². The molecule has 0 bridgehead atoms. The average Bonchev–Trinajstić information content (AvgIpc) is 2.17. The molecule has 0 unspecified atom stereocenters. The topological polar surface area (TPSA) is 61.1 Å². The van der Waals surface area contributed by atoms with Crippen LogP contribution in [-0.4, -0.2) is 11.1 Å². The molecule has 0 aliphatic heterocycles. The smallest absolute Gasteiger partial charge is 0.336 e. The monoisotopic (exact) mass is 213 g/mol. The van der Waals surface area contributed by atoms with E-state index in [1.165, 1.54) is 6.07 Å². The molecule has 0 saturated carbocycles. The van der Waals surface area contributed by atoms with E-state index in [0.29, 0.717) is 0 Å². The lowest BCUT2D eigenvalue weighted by Crippen LogP contribution is -2.05. The molecule has 0 heterocycles. The second-order valence-electron chi connectivity index (χ2n) is 2.50. The van der Waals surface area contributed by atoms with Gasteiger partial charge in [0.2, 0.25) is 0 Å². The minimum atomic E-state index is -1.26. The molecule has 0 spiro atoms. The van der Waals surface area contributed by atoms with Gasteiger partial charge in [-0.3, -0.25) is 0 Å². The van der Waals surface area contributed by atoms with Crippen molar-refractivity contribution in [3.05, 3.63) is 34.6 Å². The number of nitrogens with zero attached hydrogens (tertiary/aromatic N) is 1. The highest BCUT2D eigenvalue weighted by Crippen LogP contribution is 2.19. The number of carboxylic acid groups (broad SMARTS) is 1. The zero-order chi connectivity index (χ0) is 10.7. The minimum Gasteiger partial charge on any atom is -0.478 e. The van der Waals surface area contributed by atoms with Gasteiger partial charge in [0, 0.05) is 5.56 Å². The van der Waals surface area contributed by atoms with E-state index in [2.05, 4.69) is 0 Å². The molecule has 3 nitrogen and oxygen atoms in total. The van der Waals surface area contributed by atoms with E-state index in [-0.39, 0.29) is 22.6 Å². The van der Waals surface area contributed by atoms with Crippen LogP contribution in [0.25, 0.3) is 0 Å². The van der Waals surface area contributed by atoms with E-state index < -0.39 is 11.8 Å². The first-order valence-electron chi connectivity index (χ1n) is 3.62. The van der Waals surface area contributed by atoms with Gasteiger partial charge in [-0.25, -0.2) is 9.18 Å². The molecular formula is C9H5ClFNO2. The molecule has 0 aliphatic carbocycles. The quantitative estimate of drug-likeness (QED) is 0.766. The highest BCUT2D eigenvalue weighted by atomic mass is 35.5. The van der Waals surface area contributed by atoms with Crippen LogP contribution in [0.2, 0.25) is 0 Å². The Morgan fingerprint density at radius 3 is 2.71 bits per heavy atom. The molecule has 72 valence electrons. The predicted molar refractivity (Wildman–Crippen MR) is 47.6 cm³/mol. The maximum absolute atomic E-state index is 13.3. The van der Waals surface area contributed by atoms with E-state index in [9.17, 15) is 9.18 Å². The number of hydrogen-bond donors (Lipinski definition) is 1. The summed E-state index contributed by atoms with van der Waals surface area (Å²) in [4.78, 5) is 10.6. The van der Waals surface area contributed by atoms with Crippen LogP contribution in [0.4, 0.5) is 4.39 Å². The van der Waals surface area contributed by atoms with Crippen LogP contribution < -0.4 is 0 Å². The van der Waals surface area contributed by atoms with Crippen molar-refractivity contribution < 1.29 is 14.3 Å². The highest BCUT2D eigenvalue weighted by molar-refractivity contribution is 6.17. The number of carboxylic acids is 1. The first kappa shape index (κ1) is 10.5. The van der Waals surface area contributed by atoms with E-state index in [1.807, 2.05) is 0 Å². The van der Waals surface area contributed by atoms with Gasteiger partial charge in [-0.1, -0.05) is 0 Å². The Morgan fingerprint density at radius 2 is 2.29 bits per heavy atom. The third-order valence-corrected chi connectivity index (χ3v) is 1.99. The fourth-order valence-corrected chi connectivity index (χ4v) is 1.30. The van der Waals surface area contributed by atoms with Crippen molar-refractivity contribution in [2.24, 2.45) is 0 Å². The summed E-state index contributed by atoms with van der Waals surface area (Å²) in [7, 11) is 0. The second kappa shape index (κ2) is 4.07. The lowest BCUT2D eigenvalue weighted by atomic mass is 10.0. The van der Waals surface area contributed by atoms with E-state index in [4.69, 9.17) is 22.0 Å². The number of nitriles is 1. The van der Waals surface area contributed by atoms with Crippen molar-refractivity contribution in [3.63, 3.8) is 0 Å². The Kier molecular flexibility index (Phi) is 3.05. The first-order valence-corrected chi connectivity index (χ1v) is 4.16. The number of benzene rings is 1. The van der Waals surface area contributed by atoms with E-state index >= 15 is 0 Å². The molecule has 0 fully saturated rings. The standard InChI is InChI=1S/C9H5ClFNO2/c10-3-7-6(9(13)14)2-1-5(4-12)8(7)11/h1-2H,3H2,(H,13,14). The lowest BCUT2D eigenvalue weighted by molar-refractivity contribution is 0.0695. The number of aromatic carboxylic acids is 1. The zero-order valence-electron chi connectivity index (χ0n) is 6.92. The lowest BCUT2D eigenvalue weighted by Gasteiger charge is -2.04. The van der Waals surface area contributed by atoms with Gasteiger partial charge in [0.05, 0.1) is 17.0 Å². The predicted octanol–water partition coefficient (Wildman–Crippen LogP) is 2.13. The normalized spacial score (nSPS) is 9.50. The Bertz CT molecular complexity index is 426. The Morgan fingerprint density at radius 1 is 1.64 bits per heavy atom. The molecule has 1 N–H and O–H groups in total. The highest BCUT2D eigenvalue weighted by Gasteiger charge is 2.16. The number of rotatable bonds is 2. The zero-order valence-corrected chi connectivity index (χ0v) is 7.68. The van der Waals surface area contributed by atoms with Crippen LogP contribution >= 0.6 is 11.6 Å². The van der Waals surface area contributed by atoms with Gasteiger partial charge in [-0.05, 0) is 12.1 Å². The van der Waals surface area contributed by atoms with Crippen molar-refractivity contribution in [2.45, 2.75) is 5.88 Å². The minimum absolute atomic E-state index is 0.154. The van der Waals surface area contributed by atoms with Gasteiger partial charge < -0.3 is 5.11 Å². The van der Waals surface area contributed by atoms with Crippen molar-refractivity contribution in [2.75, 3.05) is 0 Å². The van der Waals surface area contributed by atoms with Crippen molar-refractivity contribution in [1.82, 2.24) is 0 Å². The SMILES string of the molecule is N#Cc1ccc(C(=O)O)c(CCl)c1F. The van der Waals surface area contributed by atoms with Crippen LogP contribution in [0.3, 0.4) is 0 Å².